The van der Waals surface area contributed by atoms with Crippen molar-refractivity contribution in [3.63, 3.8) is 0 Å². The average molecular weight is 325 g/mol. The third-order valence-electron chi connectivity index (χ3n) is 2.99. The van der Waals surface area contributed by atoms with Gasteiger partial charge >= 0.3 is 6.09 Å². The van der Waals surface area contributed by atoms with E-state index in [1.807, 2.05) is 30.3 Å². The molecule has 0 saturated carbocycles. The van der Waals surface area contributed by atoms with E-state index in [2.05, 4.69) is 17.2 Å². The van der Waals surface area contributed by atoms with Crippen LogP contribution >= 0.6 is 0 Å². The first kappa shape index (κ1) is 16.8. The lowest BCUT2D eigenvalue weighted by Crippen LogP contribution is -2.24. The van der Waals surface area contributed by atoms with Crippen molar-refractivity contribution in [3.8, 4) is 11.8 Å². The van der Waals surface area contributed by atoms with E-state index in [1.165, 1.54) is 12.1 Å². The molecule has 0 aromatic heterocycles. The number of alkyl carbamates (subject to hydrolysis) is 1. The van der Waals surface area contributed by atoms with Crippen LogP contribution in [-0.2, 0) is 11.3 Å². The van der Waals surface area contributed by atoms with E-state index < -0.39 is 11.0 Å². The number of amides is 1. The van der Waals surface area contributed by atoms with Crippen molar-refractivity contribution in [1.82, 2.24) is 5.32 Å². The first-order valence-electron chi connectivity index (χ1n) is 7.03. The molecule has 24 heavy (non-hydrogen) atoms. The summed E-state index contributed by atoms with van der Waals surface area (Å²) in [6.07, 6.45) is -0.587. The number of nitrogens with one attached hydrogen (secondary N) is 1. The van der Waals surface area contributed by atoms with Gasteiger partial charge in [0.25, 0.3) is 5.69 Å². The zero-order valence-corrected chi connectivity index (χ0v) is 12.7. The highest BCUT2D eigenvalue weighted by Crippen LogP contribution is 2.21. The molecule has 0 bridgehead atoms. The average Bonchev–Trinajstić information content (AvgIpc) is 2.59. The zero-order valence-electron chi connectivity index (χ0n) is 12.7. The Labute approximate surface area is 138 Å². The van der Waals surface area contributed by atoms with Gasteiger partial charge in [0.2, 0.25) is 0 Å². The molecule has 0 radical (unpaired) electrons. The second-order valence-electron chi connectivity index (χ2n) is 4.75. The molecule has 0 atom stereocenters. The maximum atomic E-state index is 11.5. The molecule has 0 saturated heterocycles. The standard InChI is InChI=1S/C17H15N3O4/c18-15-9-8-13(11-16(15)20(22)23)7-4-10-19-17(21)24-12-14-5-2-1-3-6-14/h1-3,5-6,8-9,11H,10,12,18H2,(H,19,21). The van der Waals surface area contributed by atoms with Gasteiger partial charge < -0.3 is 15.8 Å². The Hall–Kier alpha value is -3.53. The minimum absolute atomic E-state index is 0.0613. The summed E-state index contributed by atoms with van der Waals surface area (Å²) in [6.45, 7) is 0.232. The van der Waals surface area contributed by atoms with Crippen molar-refractivity contribution in [2.24, 2.45) is 0 Å². The topological polar surface area (TPSA) is 107 Å². The highest BCUT2D eigenvalue weighted by atomic mass is 16.6. The van der Waals surface area contributed by atoms with Crippen LogP contribution in [0.25, 0.3) is 0 Å². The van der Waals surface area contributed by atoms with Gasteiger partial charge in [-0.2, -0.15) is 0 Å². The van der Waals surface area contributed by atoms with Crippen LogP contribution < -0.4 is 11.1 Å². The first-order chi connectivity index (χ1) is 11.6. The van der Waals surface area contributed by atoms with E-state index in [-0.39, 0.29) is 24.5 Å². The van der Waals surface area contributed by atoms with E-state index in [4.69, 9.17) is 10.5 Å². The van der Waals surface area contributed by atoms with Gasteiger partial charge in [0.15, 0.2) is 0 Å². The predicted octanol–water partition coefficient (Wildman–Crippen LogP) is 2.45. The molecule has 0 aliphatic rings. The van der Waals surface area contributed by atoms with E-state index >= 15 is 0 Å². The SMILES string of the molecule is Nc1ccc(C#CCNC(=O)OCc2ccccc2)cc1[N+](=O)[O-]. The lowest BCUT2D eigenvalue weighted by atomic mass is 10.2. The first-order valence-corrected chi connectivity index (χ1v) is 7.03. The minimum atomic E-state index is -0.587. The van der Waals surface area contributed by atoms with Crippen LogP contribution in [-0.4, -0.2) is 17.6 Å². The Morgan fingerprint density at radius 2 is 2.00 bits per heavy atom. The number of hydrogen-bond donors (Lipinski definition) is 2. The molecule has 1 amide bonds. The summed E-state index contributed by atoms with van der Waals surface area (Å²) in [4.78, 5) is 21.7. The molecule has 3 N–H and O–H groups in total. The summed E-state index contributed by atoms with van der Waals surface area (Å²) in [5.74, 6) is 5.41. The molecule has 0 fully saturated rings. The Bertz CT molecular complexity index is 794. The third-order valence-corrected chi connectivity index (χ3v) is 2.99. The lowest BCUT2D eigenvalue weighted by Gasteiger charge is -2.04. The lowest BCUT2D eigenvalue weighted by molar-refractivity contribution is -0.383. The summed E-state index contributed by atoms with van der Waals surface area (Å²) in [6, 6.07) is 13.6. The number of ether oxygens (including phenoxy) is 1. The molecule has 0 spiro atoms. The number of nitrogens with zero attached hydrogens (tertiary/aromatic N) is 1. The fraction of sp³-hybridized carbons (Fsp3) is 0.118. The van der Waals surface area contributed by atoms with E-state index in [0.29, 0.717) is 5.56 Å². The molecule has 7 nitrogen and oxygen atoms in total. The number of benzene rings is 2. The number of carbonyl (C=O) groups is 1. The fourth-order valence-corrected chi connectivity index (χ4v) is 1.82. The van der Waals surface area contributed by atoms with Gasteiger partial charge in [-0.1, -0.05) is 42.2 Å². The number of nitrogens with two attached hydrogens (primary N) is 1. The summed E-state index contributed by atoms with van der Waals surface area (Å²) < 4.78 is 5.02. The molecule has 122 valence electrons. The van der Waals surface area contributed by atoms with E-state index in [0.717, 1.165) is 5.56 Å². The van der Waals surface area contributed by atoms with Crippen molar-refractivity contribution in [3.05, 3.63) is 69.8 Å². The van der Waals surface area contributed by atoms with Crippen LogP contribution in [0.4, 0.5) is 16.2 Å². The number of nitrogen functional groups attached to an aromatic ring is 1. The van der Waals surface area contributed by atoms with Crippen molar-refractivity contribution < 1.29 is 14.5 Å². The molecule has 2 rings (SSSR count). The minimum Gasteiger partial charge on any atom is -0.445 e. The summed E-state index contributed by atoms with van der Waals surface area (Å²) in [5, 5.41) is 13.3. The maximum Gasteiger partial charge on any atom is 0.408 e. The van der Waals surface area contributed by atoms with Crippen molar-refractivity contribution in [2.75, 3.05) is 12.3 Å². The van der Waals surface area contributed by atoms with Crippen LogP contribution in [0, 0.1) is 22.0 Å². The van der Waals surface area contributed by atoms with Gasteiger partial charge in [-0.25, -0.2) is 4.79 Å². The van der Waals surface area contributed by atoms with Gasteiger partial charge in [-0.05, 0) is 17.7 Å². The quantitative estimate of drug-likeness (QED) is 0.388. The third kappa shape index (κ3) is 5.03. The molecular weight excluding hydrogens is 310 g/mol. The van der Waals surface area contributed by atoms with Crippen LogP contribution in [0.3, 0.4) is 0 Å². The normalized spacial score (nSPS) is 9.50. The molecule has 0 heterocycles. The van der Waals surface area contributed by atoms with Gasteiger partial charge in [0.1, 0.15) is 12.3 Å². The smallest absolute Gasteiger partial charge is 0.408 e. The Kier molecular flexibility index (Phi) is 5.75. The number of carbonyl (C=O) groups excluding carboxylic acids is 1. The Balaban J connectivity index is 1.82. The van der Waals surface area contributed by atoms with Gasteiger partial charge in [-0.15, -0.1) is 0 Å². The van der Waals surface area contributed by atoms with Crippen LogP contribution in [0.2, 0.25) is 0 Å². The molecule has 0 aliphatic carbocycles. The maximum absolute atomic E-state index is 11.5. The second-order valence-corrected chi connectivity index (χ2v) is 4.75. The molecule has 0 aliphatic heterocycles. The van der Waals surface area contributed by atoms with Crippen LogP contribution in [0.5, 0.6) is 0 Å². The molecular formula is C17H15N3O4. The fourth-order valence-electron chi connectivity index (χ4n) is 1.82. The highest BCUT2D eigenvalue weighted by Gasteiger charge is 2.10. The van der Waals surface area contributed by atoms with Crippen molar-refractivity contribution in [1.29, 1.82) is 0 Å². The Morgan fingerprint density at radius 1 is 1.25 bits per heavy atom. The number of anilines is 1. The van der Waals surface area contributed by atoms with Gasteiger partial charge in [0.05, 0.1) is 11.5 Å². The monoisotopic (exact) mass is 325 g/mol. The predicted molar refractivity (Wildman–Crippen MR) is 89.0 cm³/mol. The second kappa shape index (κ2) is 8.19. The van der Waals surface area contributed by atoms with Gasteiger partial charge in [0, 0.05) is 11.6 Å². The van der Waals surface area contributed by atoms with E-state index in [9.17, 15) is 14.9 Å². The number of rotatable bonds is 4. The molecule has 2 aromatic carbocycles. The number of nitro benzene ring substituents is 1. The Morgan fingerprint density at radius 3 is 2.71 bits per heavy atom. The zero-order chi connectivity index (χ0) is 17.4. The molecule has 2 aromatic rings. The number of hydrogen-bond acceptors (Lipinski definition) is 5. The largest absolute Gasteiger partial charge is 0.445 e. The number of nitro groups is 1. The van der Waals surface area contributed by atoms with Crippen molar-refractivity contribution >= 4 is 17.5 Å². The van der Waals surface area contributed by atoms with Gasteiger partial charge in [-0.3, -0.25) is 10.1 Å². The highest BCUT2D eigenvalue weighted by molar-refractivity contribution is 5.67. The molecule has 7 heteroatoms. The van der Waals surface area contributed by atoms with Crippen molar-refractivity contribution in [2.45, 2.75) is 6.61 Å². The molecule has 0 unspecified atom stereocenters. The van der Waals surface area contributed by atoms with Crippen LogP contribution in [0.1, 0.15) is 11.1 Å². The summed E-state index contributed by atoms with van der Waals surface area (Å²) >= 11 is 0. The summed E-state index contributed by atoms with van der Waals surface area (Å²) in [7, 11) is 0. The van der Waals surface area contributed by atoms with Crippen LogP contribution in [0.15, 0.2) is 48.5 Å². The van der Waals surface area contributed by atoms with E-state index in [1.54, 1.807) is 6.07 Å². The summed E-state index contributed by atoms with van der Waals surface area (Å²) in [5.41, 5.74) is 6.71.